The second kappa shape index (κ2) is 10.6. The number of aliphatic hydroxyl groups is 1. The minimum Gasteiger partial charge on any atom is -0.490 e. The van der Waals surface area contributed by atoms with E-state index in [2.05, 4.69) is 32.9 Å². The first-order valence-electron chi connectivity index (χ1n) is 11.4. The van der Waals surface area contributed by atoms with Crippen molar-refractivity contribution >= 4 is 11.9 Å². The summed E-state index contributed by atoms with van der Waals surface area (Å²) in [6, 6.07) is 13.8. The summed E-state index contributed by atoms with van der Waals surface area (Å²) < 4.78 is 12.2. The van der Waals surface area contributed by atoms with Crippen LogP contribution in [-0.4, -0.2) is 28.5 Å². The van der Waals surface area contributed by atoms with Crippen molar-refractivity contribution in [2.45, 2.75) is 67.3 Å². The van der Waals surface area contributed by atoms with Gasteiger partial charge in [-0.05, 0) is 83.9 Å². The third kappa shape index (κ3) is 5.99. The summed E-state index contributed by atoms with van der Waals surface area (Å²) >= 11 is 0. The molecule has 33 heavy (non-hydrogen) atoms. The van der Waals surface area contributed by atoms with E-state index in [4.69, 9.17) is 19.5 Å². The maximum absolute atomic E-state index is 9.95. The molecule has 3 rings (SSSR count). The molecule has 0 unspecified atom stereocenters. The standard InChI is InChI=1S/C28H34N2O3/c1-17(2)32-25-12-11-22(16-31)28(33-18(3)4)26(25)24-10-8-9-23(30-24)15-29-27-20(6)13-19(5)14-21(27)7/h8-15,17-18,31H,16H2,1-7H3. The lowest BCUT2D eigenvalue weighted by Gasteiger charge is -2.21. The number of pyridine rings is 1. The first kappa shape index (κ1) is 24.5. The molecule has 3 aromatic rings. The summed E-state index contributed by atoms with van der Waals surface area (Å²) in [5.41, 5.74) is 7.33. The van der Waals surface area contributed by atoms with Crippen molar-refractivity contribution in [1.29, 1.82) is 0 Å². The number of aliphatic hydroxyl groups excluding tert-OH is 1. The highest BCUT2D eigenvalue weighted by Crippen LogP contribution is 2.41. The van der Waals surface area contributed by atoms with E-state index in [1.807, 2.05) is 58.0 Å². The van der Waals surface area contributed by atoms with Gasteiger partial charge in [0, 0.05) is 5.56 Å². The highest BCUT2D eigenvalue weighted by Gasteiger charge is 2.20. The number of hydrogen-bond acceptors (Lipinski definition) is 5. The number of hydrogen-bond donors (Lipinski definition) is 1. The van der Waals surface area contributed by atoms with Crippen LogP contribution < -0.4 is 9.47 Å². The molecule has 0 fully saturated rings. The smallest absolute Gasteiger partial charge is 0.138 e. The van der Waals surface area contributed by atoms with E-state index in [1.54, 1.807) is 6.21 Å². The summed E-state index contributed by atoms with van der Waals surface area (Å²) in [4.78, 5) is 9.59. The summed E-state index contributed by atoms with van der Waals surface area (Å²) in [5, 5.41) is 9.95. The van der Waals surface area contributed by atoms with Gasteiger partial charge in [-0.1, -0.05) is 23.8 Å². The van der Waals surface area contributed by atoms with Gasteiger partial charge in [-0.2, -0.15) is 0 Å². The van der Waals surface area contributed by atoms with Gasteiger partial charge in [-0.25, -0.2) is 4.98 Å². The van der Waals surface area contributed by atoms with Crippen molar-refractivity contribution in [2.75, 3.05) is 0 Å². The quantitative estimate of drug-likeness (QED) is 0.402. The molecule has 0 aliphatic carbocycles. The number of aromatic nitrogens is 1. The lowest BCUT2D eigenvalue weighted by atomic mass is 10.0. The van der Waals surface area contributed by atoms with E-state index < -0.39 is 0 Å². The summed E-state index contributed by atoms with van der Waals surface area (Å²) in [7, 11) is 0. The minimum atomic E-state index is -0.135. The third-order valence-corrected chi connectivity index (χ3v) is 5.08. The van der Waals surface area contributed by atoms with Gasteiger partial charge in [0.05, 0.1) is 47.7 Å². The zero-order valence-corrected chi connectivity index (χ0v) is 20.6. The Bertz CT molecular complexity index is 1130. The highest BCUT2D eigenvalue weighted by molar-refractivity contribution is 5.83. The summed E-state index contributed by atoms with van der Waals surface area (Å²) in [5.74, 6) is 1.27. The predicted molar refractivity (Wildman–Crippen MR) is 135 cm³/mol. The second-order valence-electron chi connectivity index (χ2n) is 8.87. The van der Waals surface area contributed by atoms with Crippen LogP contribution in [0.4, 0.5) is 5.69 Å². The molecular weight excluding hydrogens is 412 g/mol. The van der Waals surface area contributed by atoms with Crippen LogP contribution in [0.3, 0.4) is 0 Å². The van der Waals surface area contributed by atoms with Gasteiger partial charge in [0.25, 0.3) is 0 Å². The largest absolute Gasteiger partial charge is 0.490 e. The zero-order valence-electron chi connectivity index (χ0n) is 20.6. The Morgan fingerprint density at radius 1 is 0.939 bits per heavy atom. The van der Waals surface area contributed by atoms with E-state index in [1.165, 1.54) is 5.56 Å². The van der Waals surface area contributed by atoms with Crippen molar-refractivity contribution in [1.82, 2.24) is 4.98 Å². The SMILES string of the molecule is Cc1cc(C)c(N=Cc2cccc(-c3c(OC(C)C)ccc(CO)c3OC(C)C)n2)c(C)c1. The molecule has 0 bridgehead atoms. The molecule has 0 amide bonds. The van der Waals surface area contributed by atoms with Crippen molar-refractivity contribution in [3.63, 3.8) is 0 Å². The van der Waals surface area contributed by atoms with Crippen LogP contribution >= 0.6 is 0 Å². The first-order valence-corrected chi connectivity index (χ1v) is 11.4. The monoisotopic (exact) mass is 446 g/mol. The highest BCUT2D eigenvalue weighted by atomic mass is 16.5. The van der Waals surface area contributed by atoms with Crippen LogP contribution in [0.2, 0.25) is 0 Å². The van der Waals surface area contributed by atoms with Gasteiger partial charge < -0.3 is 14.6 Å². The zero-order chi connectivity index (χ0) is 24.1. The Morgan fingerprint density at radius 3 is 2.21 bits per heavy atom. The average Bonchev–Trinajstić information content (AvgIpc) is 2.72. The maximum Gasteiger partial charge on any atom is 0.138 e. The van der Waals surface area contributed by atoms with E-state index in [9.17, 15) is 5.11 Å². The van der Waals surface area contributed by atoms with Gasteiger partial charge in [-0.3, -0.25) is 4.99 Å². The van der Waals surface area contributed by atoms with E-state index in [0.29, 0.717) is 22.8 Å². The molecule has 5 heteroatoms. The summed E-state index contributed by atoms with van der Waals surface area (Å²) in [6.45, 7) is 14.0. The Morgan fingerprint density at radius 2 is 1.61 bits per heavy atom. The number of aliphatic imine (C=N–C) groups is 1. The second-order valence-corrected chi connectivity index (χ2v) is 8.87. The lowest BCUT2D eigenvalue weighted by Crippen LogP contribution is -2.12. The normalized spacial score (nSPS) is 11.6. The molecule has 0 spiro atoms. The Hall–Kier alpha value is -3.18. The van der Waals surface area contributed by atoms with Gasteiger partial charge in [0.2, 0.25) is 0 Å². The molecule has 0 saturated carbocycles. The minimum absolute atomic E-state index is 0.0205. The molecule has 0 aliphatic heterocycles. The number of nitrogens with zero attached hydrogens (tertiary/aromatic N) is 2. The molecule has 1 aromatic heterocycles. The maximum atomic E-state index is 9.95. The molecule has 0 atom stereocenters. The van der Waals surface area contributed by atoms with Crippen LogP contribution in [-0.2, 0) is 6.61 Å². The van der Waals surface area contributed by atoms with Crippen molar-refractivity contribution in [3.8, 4) is 22.8 Å². The lowest BCUT2D eigenvalue weighted by molar-refractivity contribution is 0.220. The van der Waals surface area contributed by atoms with Crippen molar-refractivity contribution < 1.29 is 14.6 Å². The van der Waals surface area contributed by atoms with E-state index in [-0.39, 0.29) is 18.8 Å². The fraction of sp³-hybridized carbons (Fsp3) is 0.357. The van der Waals surface area contributed by atoms with E-state index >= 15 is 0 Å². The van der Waals surface area contributed by atoms with E-state index in [0.717, 1.165) is 28.1 Å². The van der Waals surface area contributed by atoms with Crippen molar-refractivity contribution in [2.24, 2.45) is 4.99 Å². The Kier molecular flexibility index (Phi) is 7.88. The number of aryl methyl sites for hydroxylation is 3. The van der Waals surface area contributed by atoms with Crippen LogP contribution in [0, 0.1) is 20.8 Å². The fourth-order valence-electron chi connectivity index (χ4n) is 3.87. The number of rotatable bonds is 8. The molecule has 174 valence electrons. The van der Waals surface area contributed by atoms with Gasteiger partial charge in [0.1, 0.15) is 11.5 Å². The predicted octanol–water partition coefficient (Wildman–Crippen LogP) is 6.49. The van der Waals surface area contributed by atoms with Crippen LogP contribution in [0.5, 0.6) is 11.5 Å². The average molecular weight is 447 g/mol. The molecule has 1 N–H and O–H groups in total. The molecule has 1 heterocycles. The molecular formula is C28H34N2O3. The molecule has 5 nitrogen and oxygen atoms in total. The van der Waals surface area contributed by atoms with Crippen LogP contribution in [0.1, 0.15) is 55.6 Å². The molecule has 0 radical (unpaired) electrons. The fourth-order valence-corrected chi connectivity index (χ4v) is 3.87. The van der Waals surface area contributed by atoms with Crippen LogP contribution in [0.25, 0.3) is 11.3 Å². The van der Waals surface area contributed by atoms with Crippen LogP contribution in [0.15, 0.2) is 47.5 Å². The van der Waals surface area contributed by atoms with Gasteiger partial charge >= 0.3 is 0 Å². The van der Waals surface area contributed by atoms with Gasteiger partial charge in [-0.15, -0.1) is 0 Å². The Labute approximate surface area is 197 Å². The molecule has 0 aliphatic rings. The topological polar surface area (TPSA) is 63.9 Å². The van der Waals surface area contributed by atoms with Gasteiger partial charge in [0.15, 0.2) is 0 Å². The number of ether oxygens (including phenoxy) is 2. The molecule has 0 saturated heterocycles. The first-order chi connectivity index (χ1) is 15.7. The molecule has 2 aromatic carbocycles. The number of benzene rings is 2. The van der Waals surface area contributed by atoms with Crippen molar-refractivity contribution in [3.05, 3.63) is 70.4 Å². The Balaban J connectivity index is 2.11. The third-order valence-electron chi connectivity index (χ3n) is 5.08. The summed E-state index contributed by atoms with van der Waals surface area (Å²) in [6.07, 6.45) is 1.70.